The molecule has 0 aromatic heterocycles. The van der Waals surface area contributed by atoms with Gasteiger partial charge in [0.05, 0.1) is 5.69 Å². The Balaban J connectivity index is 1.65. The lowest BCUT2D eigenvalue weighted by atomic mass is 10.1. The zero-order chi connectivity index (χ0) is 23.5. The van der Waals surface area contributed by atoms with Crippen LogP contribution in [0.4, 0.5) is 36.7 Å². The van der Waals surface area contributed by atoms with Gasteiger partial charge >= 0.3 is 12.1 Å². The highest BCUT2D eigenvalue weighted by Gasteiger charge is 2.23. The minimum atomic E-state index is -0.634. The maximum atomic E-state index is 14.2. The summed E-state index contributed by atoms with van der Waals surface area (Å²) in [6.45, 7) is 7.63. The number of anilines is 4. The van der Waals surface area contributed by atoms with Gasteiger partial charge in [0.15, 0.2) is 0 Å². The molecule has 2 aromatic rings. The monoisotopic (exact) mass is 442 g/mol. The second-order valence-electron chi connectivity index (χ2n) is 8.55. The van der Waals surface area contributed by atoms with Gasteiger partial charge < -0.3 is 20.3 Å². The van der Waals surface area contributed by atoms with Gasteiger partial charge in [-0.05, 0) is 76.1 Å². The van der Waals surface area contributed by atoms with E-state index in [-0.39, 0.29) is 11.6 Å². The summed E-state index contributed by atoms with van der Waals surface area (Å²) in [7, 11) is 0. The van der Waals surface area contributed by atoms with Crippen LogP contribution in [0.15, 0.2) is 36.4 Å². The molecule has 0 radical (unpaired) electrons. The first kappa shape index (κ1) is 23.1. The molecular formula is C23H27FN4O4. The van der Waals surface area contributed by atoms with Crippen LogP contribution in [0.3, 0.4) is 0 Å². The van der Waals surface area contributed by atoms with Gasteiger partial charge in [-0.1, -0.05) is 0 Å². The third-order valence-electron chi connectivity index (χ3n) is 4.70. The van der Waals surface area contributed by atoms with Crippen molar-refractivity contribution >= 4 is 40.8 Å². The lowest BCUT2D eigenvalue weighted by molar-refractivity contribution is -0.117. The first-order valence-electron chi connectivity index (χ1n) is 10.3. The molecule has 0 atom stereocenters. The largest absolute Gasteiger partial charge is 0.444 e. The number of hydrogen-bond donors (Lipinski definition) is 3. The minimum absolute atomic E-state index is 0.0253. The number of hydrogen-bond acceptors (Lipinski definition) is 4. The Labute approximate surface area is 186 Å². The van der Waals surface area contributed by atoms with Crippen LogP contribution in [-0.2, 0) is 9.53 Å². The first-order valence-corrected chi connectivity index (χ1v) is 10.3. The van der Waals surface area contributed by atoms with Gasteiger partial charge in [0.2, 0.25) is 5.91 Å². The molecule has 0 unspecified atom stereocenters. The van der Waals surface area contributed by atoms with Crippen molar-refractivity contribution in [3.63, 3.8) is 0 Å². The number of nitrogens with one attached hydrogen (secondary N) is 3. The normalized spacial score (nSPS) is 13.7. The fourth-order valence-corrected chi connectivity index (χ4v) is 3.28. The Hall–Kier alpha value is -3.62. The van der Waals surface area contributed by atoms with Gasteiger partial charge in [0, 0.05) is 30.0 Å². The molecule has 1 aliphatic rings. The van der Waals surface area contributed by atoms with Gasteiger partial charge in [-0.25, -0.2) is 14.0 Å². The molecule has 1 fully saturated rings. The van der Waals surface area contributed by atoms with Gasteiger partial charge in [0.25, 0.3) is 0 Å². The van der Waals surface area contributed by atoms with Crippen LogP contribution in [-0.4, -0.2) is 30.2 Å². The van der Waals surface area contributed by atoms with Gasteiger partial charge in [-0.3, -0.25) is 10.1 Å². The number of urea groups is 1. The third kappa shape index (κ3) is 5.96. The maximum absolute atomic E-state index is 14.2. The van der Waals surface area contributed by atoms with Crippen LogP contribution >= 0.6 is 0 Å². The Morgan fingerprint density at radius 1 is 1.03 bits per heavy atom. The SMILES string of the molecule is Cc1cc(NC(=O)OC(C)(C)C)ccc1NC(=O)Nc1cc(N2CCCC2=O)ccc1F. The zero-order valence-corrected chi connectivity index (χ0v) is 18.5. The summed E-state index contributed by atoms with van der Waals surface area (Å²) in [6.07, 6.45) is 0.623. The van der Waals surface area contributed by atoms with Crippen molar-refractivity contribution in [3.05, 3.63) is 47.8 Å². The van der Waals surface area contributed by atoms with Crippen molar-refractivity contribution in [2.45, 2.75) is 46.1 Å². The molecule has 3 rings (SSSR count). The highest BCUT2D eigenvalue weighted by atomic mass is 19.1. The van der Waals surface area contributed by atoms with Crippen LogP contribution in [0.5, 0.6) is 0 Å². The third-order valence-corrected chi connectivity index (χ3v) is 4.70. The fraction of sp³-hybridized carbons (Fsp3) is 0.348. The van der Waals surface area contributed by atoms with Crippen molar-refractivity contribution in [2.24, 2.45) is 0 Å². The predicted octanol–water partition coefficient (Wildman–Crippen LogP) is 5.25. The minimum Gasteiger partial charge on any atom is -0.444 e. The molecule has 0 saturated carbocycles. The highest BCUT2D eigenvalue weighted by molar-refractivity contribution is 6.01. The Morgan fingerprint density at radius 2 is 1.75 bits per heavy atom. The lowest BCUT2D eigenvalue weighted by Gasteiger charge is -2.20. The molecule has 2 aromatic carbocycles. The first-order chi connectivity index (χ1) is 15.0. The summed E-state index contributed by atoms with van der Waals surface area (Å²) >= 11 is 0. The van der Waals surface area contributed by atoms with E-state index in [1.165, 1.54) is 18.2 Å². The molecule has 0 spiro atoms. The van der Waals surface area contributed by atoms with E-state index in [0.29, 0.717) is 35.6 Å². The van der Waals surface area contributed by atoms with Crippen LogP contribution in [0.2, 0.25) is 0 Å². The van der Waals surface area contributed by atoms with E-state index in [2.05, 4.69) is 16.0 Å². The Kier molecular flexibility index (Phi) is 6.67. The number of amides is 4. The number of carbonyl (C=O) groups is 3. The van der Waals surface area contributed by atoms with Crippen molar-refractivity contribution < 1.29 is 23.5 Å². The number of nitrogens with zero attached hydrogens (tertiary/aromatic N) is 1. The molecule has 0 aliphatic carbocycles. The quantitative estimate of drug-likeness (QED) is 0.602. The maximum Gasteiger partial charge on any atom is 0.412 e. The van der Waals surface area contributed by atoms with Crippen LogP contribution in [0.25, 0.3) is 0 Å². The average Bonchev–Trinajstić information content (AvgIpc) is 3.10. The van der Waals surface area contributed by atoms with E-state index in [4.69, 9.17) is 4.74 Å². The summed E-state index contributed by atoms with van der Waals surface area (Å²) in [5.41, 5.74) is 1.58. The second-order valence-corrected chi connectivity index (χ2v) is 8.55. The van der Waals surface area contributed by atoms with Gasteiger partial charge in [0.1, 0.15) is 11.4 Å². The smallest absolute Gasteiger partial charge is 0.412 e. The number of aryl methyl sites for hydroxylation is 1. The van der Waals surface area contributed by atoms with Gasteiger partial charge in [-0.2, -0.15) is 0 Å². The van der Waals surface area contributed by atoms with E-state index in [1.54, 1.807) is 50.8 Å². The van der Waals surface area contributed by atoms with Crippen molar-refractivity contribution in [3.8, 4) is 0 Å². The number of carbonyl (C=O) groups excluding carboxylic acids is 3. The highest BCUT2D eigenvalue weighted by Crippen LogP contribution is 2.27. The van der Waals surface area contributed by atoms with Crippen LogP contribution in [0, 0.1) is 12.7 Å². The summed E-state index contributed by atoms with van der Waals surface area (Å²) in [5, 5.41) is 7.78. The standard InChI is InChI=1S/C23H27FN4O4/c1-14-12-15(25-22(31)32-23(2,3)4)7-10-18(14)26-21(30)27-19-13-16(8-9-17(19)24)28-11-5-6-20(28)29/h7-10,12-13H,5-6,11H2,1-4H3,(H,25,31)(H2,26,27,30). The fourth-order valence-electron chi connectivity index (χ4n) is 3.28. The molecular weight excluding hydrogens is 415 g/mol. The van der Waals surface area contributed by atoms with E-state index in [0.717, 1.165) is 6.42 Å². The van der Waals surface area contributed by atoms with Crippen molar-refractivity contribution in [1.29, 1.82) is 0 Å². The molecule has 1 heterocycles. The molecule has 170 valence electrons. The molecule has 4 amide bonds. The number of benzene rings is 2. The van der Waals surface area contributed by atoms with Crippen LogP contribution < -0.4 is 20.9 Å². The van der Waals surface area contributed by atoms with Crippen molar-refractivity contribution in [1.82, 2.24) is 0 Å². The average molecular weight is 442 g/mol. The Morgan fingerprint density at radius 3 is 2.38 bits per heavy atom. The summed E-state index contributed by atoms with van der Waals surface area (Å²) in [5.74, 6) is -0.633. The van der Waals surface area contributed by atoms with Crippen molar-refractivity contribution in [2.75, 3.05) is 27.4 Å². The molecule has 8 nitrogen and oxygen atoms in total. The van der Waals surface area contributed by atoms with Crippen LogP contribution in [0.1, 0.15) is 39.2 Å². The topological polar surface area (TPSA) is 99.8 Å². The van der Waals surface area contributed by atoms with Gasteiger partial charge in [-0.15, -0.1) is 0 Å². The molecule has 1 saturated heterocycles. The molecule has 32 heavy (non-hydrogen) atoms. The number of halogens is 1. The summed E-state index contributed by atoms with van der Waals surface area (Å²) < 4.78 is 19.4. The number of rotatable bonds is 4. The molecule has 0 bridgehead atoms. The van der Waals surface area contributed by atoms with E-state index in [9.17, 15) is 18.8 Å². The summed E-state index contributed by atoms with van der Waals surface area (Å²) in [4.78, 5) is 37.9. The van der Waals surface area contributed by atoms with E-state index >= 15 is 0 Å². The zero-order valence-electron chi connectivity index (χ0n) is 18.5. The predicted molar refractivity (Wildman–Crippen MR) is 122 cm³/mol. The van der Waals surface area contributed by atoms with E-state index in [1.807, 2.05) is 0 Å². The Bertz CT molecular complexity index is 1050. The lowest BCUT2D eigenvalue weighted by Crippen LogP contribution is -2.27. The second kappa shape index (κ2) is 9.25. The van der Waals surface area contributed by atoms with E-state index < -0.39 is 23.5 Å². The molecule has 3 N–H and O–H groups in total. The summed E-state index contributed by atoms with van der Waals surface area (Å²) in [6, 6.07) is 8.47. The molecule has 1 aliphatic heterocycles. The number of ether oxygens (including phenoxy) is 1. The molecule has 9 heteroatoms.